The van der Waals surface area contributed by atoms with Crippen LogP contribution in [0.3, 0.4) is 0 Å². The number of nitrogens with one attached hydrogen (secondary N) is 1. The molecule has 21 heavy (non-hydrogen) atoms. The second-order valence-corrected chi connectivity index (χ2v) is 7.18. The van der Waals surface area contributed by atoms with Crippen LogP contribution in [0.4, 0.5) is 0 Å². The normalized spacial score (nSPS) is 14.7. The van der Waals surface area contributed by atoms with Crippen LogP contribution in [-0.2, 0) is 10.0 Å². The van der Waals surface area contributed by atoms with Crippen molar-refractivity contribution in [2.45, 2.75) is 31.2 Å². The number of rotatable bonds is 7. The molecular formula is C15H23N3O2S. The number of nitriles is 1. The Kier molecular flexibility index (Phi) is 6.34. The molecule has 0 radical (unpaired) electrons. The maximum atomic E-state index is 12.5. The quantitative estimate of drug-likeness (QED) is 0.837. The summed E-state index contributed by atoms with van der Waals surface area (Å²) in [6.07, 6.45) is 0.876. The largest absolute Gasteiger partial charge is 0.313 e. The highest BCUT2D eigenvalue weighted by atomic mass is 32.2. The lowest BCUT2D eigenvalue weighted by Gasteiger charge is -2.20. The summed E-state index contributed by atoms with van der Waals surface area (Å²) in [6.45, 7) is 3.94. The Morgan fingerprint density at radius 1 is 1.43 bits per heavy atom. The lowest BCUT2D eigenvalue weighted by molar-refractivity contribution is 0.439. The van der Waals surface area contributed by atoms with E-state index in [0.717, 1.165) is 12.0 Å². The fraction of sp³-hybridized carbons (Fsp3) is 0.533. The highest BCUT2D eigenvalue weighted by Crippen LogP contribution is 2.22. The Morgan fingerprint density at radius 2 is 2.10 bits per heavy atom. The van der Waals surface area contributed by atoms with Crippen molar-refractivity contribution in [1.82, 2.24) is 9.62 Å². The van der Waals surface area contributed by atoms with Crippen molar-refractivity contribution < 1.29 is 8.42 Å². The summed E-state index contributed by atoms with van der Waals surface area (Å²) in [5.41, 5.74) is 0.947. The number of nitrogens with zero attached hydrogens (tertiary/aromatic N) is 2. The zero-order valence-electron chi connectivity index (χ0n) is 13.0. The highest BCUT2D eigenvalue weighted by molar-refractivity contribution is 7.89. The first-order chi connectivity index (χ1) is 9.86. The van der Waals surface area contributed by atoms with Crippen LogP contribution in [0, 0.1) is 17.2 Å². The van der Waals surface area contributed by atoms with E-state index in [1.165, 1.54) is 11.4 Å². The van der Waals surface area contributed by atoms with Crippen LogP contribution in [0.2, 0.25) is 0 Å². The summed E-state index contributed by atoms with van der Waals surface area (Å²) in [5, 5.41) is 12.0. The molecule has 116 valence electrons. The Labute approximate surface area is 127 Å². The third-order valence-corrected chi connectivity index (χ3v) is 5.30. The molecule has 1 aromatic carbocycles. The minimum atomic E-state index is -3.56. The first kappa shape index (κ1) is 17.6. The van der Waals surface area contributed by atoms with Crippen LogP contribution >= 0.6 is 0 Å². The van der Waals surface area contributed by atoms with E-state index in [4.69, 9.17) is 5.26 Å². The molecule has 0 saturated heterocycles. The van der Waals surface area contributed by atoms with Crippen LogP contribution in [0.1, 0.15) is 31.9 Å². The van der Waals surface area contributed by atoms with Crippen LogP contribution < -0.4 is 5.32 Å². The Balaban J connectivity index is 3.09. The van der Waals surface area contributed by atoms with Crippen molar-refractivity contribution in [3.8, 4) is 6.07 Å². The third kappa shape index (κ3) is 4.27. The molecule has 5 nitrogen and oxygen atoms in total. The van der Waals surface area contributed by atoms with Crippen molar-refractivity contribution in [1.29, 1.82) is 5.26 Å². The molecule has 1 rings (SSSR count). The number of hydrogen-bond donors (Lipinski definition) is 1. The minimum absolute atomic E-state index is 0.128. The van der Waals surface area contributed by atoms with E-state index in [-0.39, 0.29) is 23.4 Å². The number of hydrogen-bond acceptors (Lipinski definition) is 4. The van der Waals surface area contributed by atoms with Gasteiger partial charge in [0.15, 0.2) is 0 Å². The molecule has 2 atom stereocenters. The Bertz CT molecular complexity index is 604. The summed E-state index contributed by atoms with van der Waals surface area (Å²) < 4.78 is 26.3. The molecule has 2 unspecified atom stereocenters. The van der Waals surface area contributed by atoms with Gasteiger partial charge in [-0.15, -0.1) is 0 Å². The lowest BCUT2D eigenvalue weighted by Crippen LogP contribution is -2.31. The van der Waals surface area contributed by atoms with Gasteiger partial charge in [-0.3, -0.25) is 0 Å². The zero-order chi connectivity index (χ0) is 16.0. The first-order valence-corrected chi connectivity index (χ1v) is 8.44. The molecule has 0 aromatic heterocycles. The second-order valence-electron chi connectivity index (χ2n) is 5.14. The predicted molar refractivity (Wildman–Crippen MR) is 83.1 cm³/mol. The van der Waals surface area contributed by atoms with Gasteiger partial charge >= 0.3 is 0 Å². The summed E-state index contributed by atoms with van der Waals surface area (Å²) in [4.78, 5) is 0.265. The van der Waals surface area contributed by atoms with Crippen LogP contribution in [0.15, 0.2) is 29.2 Å². The fourth-order valence-electron chi connectivity index (χ4n) is 2.20. The minimum Gasteiger partial charge on any atom is -0.313 e. The van der Waals surface area contributed by atoms with Crippen LogP contribution in [-0.4, -0.2) is 33.4 Å². The van der Waals surface area contributed by atoms with Crippen molar-refractivity contribution in [3.63, 3.8) is 0 Å². The van der Waals surface area contributed by atoms with E-state index in [9.17, 15) is 8.42 Å². The van der Waals surface area contributed by atoms with Crippen molar-refractivity contribution in [3.05, 3.63) is 29.8 Å². The van der Waals surface area contributed by atoms with E-state index in [0.29, 0.717) is 0 Å². The molecule has 0 aliphatic heterocycles. The van der Waals surface area contributed by atoms with Crippen molar-refractivity contribution >= 4 is 10.0 Å². The molecule has 0 aliphatic carbocycles. The van der Waals surface area contributed by atoms with E-state index in [1.54, 1.807) is 25.1 Å². The monoisotopic (exact) mass is 309 g/mol. The average molecular weight is 309 g/mol. The molecular weight excluding hydrogens is 286 g/mol. The number of benzene rings is 1. The summed E-state index contributed by atoms with van der Waals surface area (Å²) in [5.74, 6) is -0.339. The van der Waals surface area contributed by atoms with Gasteiger partial charge in [-0.05, 0) is 38.1 Å². The maximum Gasteiger partial charge on any atom is 0.242 e. The molecule has 0 aliphatic rings. The molecule has 0 amide bonds. The lowest BCUT2D eigenvalue weighted by atomic mass is 10.1. The van der Waals surface area contributed by atoms with Crippen molar-refractivity contribution in [2.75, 3.05) is 20.6 Å². The third-order valence-electron chi connectivity index (χ3n) is 3.48. The fourth-order valence-corrected chi connectivity index (χ4v) is 3.52. The Morgan fingerprint density at radius 3 is 2.62 bits per heavy atom. The zero-order valence-corrected chi connectivity index (χ0v) is 13.8. The van der Waals surface area contributed by atoms with E-state index >= 15 is 0 Å². The van der Waals surface area contributed by atoms with Crippen LogP contribution in [0.5, 0.6) is 0 Å². The molecule has 1 aromatic rings. The number of sulfonamides is 1. The summed E-state index contributed by atoms with van der Waals surface area (Å²) in [6, 6.07) is 9.15. The summed E-state index contributed by atoms with van der Waals surface area (Å²) >= 11 is 0. The highest BCUT2D eigenvalue weighted by Gasteiger charge is 2.23. The van der Waals surface area contributed by atoms with Crippen molar-refractivity contribution in [2.24, 2.45) is 5.92 Å². The van der Waals surface area contributed by atoms with Gasteiger partial charge in [0.2, 0.25) is 10.0 Å². The van der Waals surface area contributed by atoms with Gasteiger partial charge in [-0.2, -0.15) is 9.57 Å². The molecule has 6 heteroatoms. The van der Waals surface area contributed by atoms with E-state index in [1.807, 2.05) is 20.0 Å². The van der Waals surface area contributed by atoms with E-state index < -0.39 is 10.0 Å². The average Bonchev–Trinajstić information content (AvgIpc) is 2.48. The Hall–Kier alpha value is -1.42. The van der Waals surface area contributed by atoms with Crippen LogP contribution in [0.25, 0.3) is 0 Å². The molecule has 0 heterocycles. The molecule has 1 N–H and O–H groups in total. The van der Waals surface area contributed by atoms with Gasteiger partial charge in [0, 0.05) is 19.6 Å². The topological polar surface area (TPSA) is 73.2 Å². The van der Waals surface area contributed by atoms with Gasteiger partial charge in [0.1, 0.15) is 0 Å². The molecule has 0 saturated carbocycles. The molecule has 0 spiro atoms. The van der Waals surface area contributed by atoms with Gasteiger partial charge in [0.25, 0.3) is 0 Å². The van der Waals surface area contributed by atoms with Gasteiger partial charge in [-0.25, -0.2) is 8.42 Å². The second kappa shape index (κ2) is 7.55. The molecule has 0 bridgehead atoms. The SMILES string of the molecule is CCC(NC)c1cccc(S(=O)(=O)N(C)CC(C)C#N)c1. The first-order valence-electron chi connectivity index (χ1n) is 7.00. The predicted octanol–water partition coefficient (Wildman–Crippen LogP) is 2.14. The standard InChI is InChI=1S/C15H23N3O2S/c1-5-15(17-3)13-7-6-8-14(9-13)21(19,20)18(4)11-12(2)10-16/h6-9,12,15,17H,5,11H2,1-4H3. The van der Waals surface area contributed by atoms with Gasteiger partial charge in [0.05, 0.1) is 16.9 Å². The maximum absolute atomic E-state index is 12.5. The van der Waals surface area contributed by atoms with Gasteiger partial charge in [-0.1, -0.05) is 19.1 Å². The van der Waals surface area contributed by atoms with Gasteiger partial charge < -0.3 is 5.32 Å². The van der Waals surface area contributed by atoms with E-state index in [2.05, 4.69) is 11.4 Å². The smallest absolute Gasteiger partial charge is 0.242 e. The molecule has 0 fully saturated rings. The summed E-state index contributed by atoms with van der Waals surface area (Å²) in [7, 11) is -0.200.